The molecule has 3 aromatic rings. The number of anilines is 1. The minimum atomic E-state index is -0.0223. The summed E-state index contributed by atoms with van der Waals surface area (Å²) in [6, 6.07) is 17.3. The first-order valence-corrected chi connectivity index (χ1v) is 8.95. The number of nitrogens with one attached hydrogen (secondary N) is 1. The van der Waals surface area contributed by atoms with Gasteiger partial charge in [0.25, 0.3) is 0 Å². The Morgan fingerprint density at radius 3 is 2.63 bits per heavy atom. The molecule has 1 aromatic heterocycles. The van der Waals surface area contributed by atoms with Gasteiger partial charge in [0.15, 0.2) is 0 Å². The molecule has 0 aliphatic carbocycles. The van der Waals surface area contributed by atoms with Crippen molar-refractivity contribution in [1.82, 2.24) is 19.7 Å². The highest BCUT2D eigenvalue weighted by Crippen LogP contribution is 2.23. The Balaban J connectivity index is 1.27. The number of aromatic nitrogens is 3. The van der Waals surface area contributed by atoms with Crippen molar-refractivity contribution >= 4 is 11.6 Å². The molecule has 7 nitrogen and oxygen atoms in total. The maximum Gasteiger partial charge on any atom is 0.238 e. The van der Waals surface area contributed by atoms with Crippen molar-refractivity contribution < 1.29 is 9.53 Å². The van der Waals surface area contributed by atoms with Gasteiger partial charge in [-0.05, 0) is 42.8 Å². The number of para-hydroxylation sites is 1. The number of rotatable bonds is 6. The van der Waals surface area contributed by atoms with Gasteiger partial charge >= 0.3 is 0 Å². The van der Waals surface area contributed by atoms with Crippen molar-refractivity contribution in [2.45, 2.75) is 12.5 Å². The lowest BCUT2D eigenvalue weighted by Gasteiger charge is -2.15. The van der Waals surface area contributed by atoms with E-state index in [1.807, 2.05) is 59.3 Å². The third-order valence-electron chi connectivity index (χ3n) is 4.54. The Morgan fingerprint density at radius 1 is 1.11 bits per heavy atom. The van der Waals surface area contributed by atoms with E-state index in [9.17, 15) is 4.79 Å². The lowest BCUT2D eigenvalue weighted by atomic mass is 10.3. The van der Waals surface area contributed by atoms with Crippen molar-refractivity contribution in [2.75, 3.05) is 25.0 Å². The second-order valence-corrected chi connectivity index (χ2v) is 6.54. The van der Waals surface area contributed by atoms with Crippen molar-refractivity contribution in [1.29, 1.82) is 0 Å². The molecule has 1 saturated heterocycles. The maximum absolute atomic E-state index is 12.3. The van der Waals surface area contributed by atoms with E-state index in [-0.39, 0.29) is 11.9 Å². The third-order valence-corrected chi connectivity index (χ3v) is 4.54. The summed E-state index contributed by atoms with van der Waals surface area (Å²) in [5, 5.41) is 7.12. The highest BCUT2D eigenvalue weighted by Gasteiger charge is 2.25. The highest BCUT2D eigenvalue weighted by atomic mass is 16.5. The van der Waals surface area contributed by atoms with Gasteiger partial charge in [-0.2, -0.15) is 5.10 Å². The number of nitrogens with zero attached hydrogens (tertiary/aromatic N) is 4. The zero-order chi connectivity index (χ0) is 18.5. The van der Waals surface area contributed by atoms with E-state index in [0.717, 1.165) is 36.7 Å². The predicted molar refractivity (Wildman–Crippen MR) is 102 cm³/mol. The van der Waals surface area contributed by atoms with Crippen LogP contribution in [-0.2, 0) is 4.79 Å². The van der Waals surface area contributed by atoms with Gasteiger partial charge in [0.2, 0.25) is 5.91 Å². The molecular weight excluding hydrogens is 342 g/mol. The number of likely N-dealkylation sites (tertiary alicyclic amines) is 1. The molecule has 1 aliphatic rings. The minimum Gasteiger partial charge on any atom is -0.457 e. The predicted octanol–water partition coefficient (Wildman–Crippen LogP) is 2.96. The van der Waals surface area contributed by atoms with Crippen LogP contribution in [0, 0.1) is 0 Å². The van der Waals surface area contributed by atoms with E-state index < -0.39 is 0 Å². The van der Waals surface area contributed by atoms with E-state index >= 15 is 0 Å². The van der Waals surface area contributed by atoms with Gasteiger partial charge in [-0.3, -0.25) is 9.69 Å². The van der Waals surface area contributed by atoms with Gasteiger partial charge in [0, 0.05) is 18.8 Å². The Bertz CT molecular complexity index is 865. The average Bonchev–Trinajstić information content (AvgIpc) is 3.36. The number of carbonyl (C=O) groups excluding carboxylic acids is 1. The molecule has 1 amide bonds. The summed E-state index contributed by atoms with van der Waals surface area (Å²) in [6.07, 6.45) is 4.25. The second-order valence-electron chi connectivity index (χ2n) is 6.54. The summed E-state index contributed by atoms with van der Waals surface area (Å²) in [7, 11) is 0. The number of amides is 1. The summed E-state index contributed by atoms with van der Waals surface area (Å²) >= 11 is 0. The van der Waals surface area contributed by atoms with E-state index in [0.29, 0.717) is 6.54 Å². The summed E-state index contributed by atoms with van der Waals surface area (Å²) in [4.78, 5) is 18.4. The van der Waals surface area contributed by atoms with E-state index in [1.165, 1.54) is 0 Å². The lowest BCUT2D eigenvalue weighted by Crippen LogP contribution is -2.31. The van der Waals surface area contributed by atoms with Crippen LogP contribution in [0.5, 0.6) is 11.5 Å². The van der Waals surface area contributed by atoms with Gasteiger partial charge in [-0.15, -0.1) is 0 Å². The van der Waals surface area contributed by atoms with Crippen molar-refractivity contribution in [3.8, 4) is 11.5 Å². The first-order valence-electron chi connectivity index (χ1n) is 8.95. The first kappa shape index (κ1) is 17.2. The third kappa shape index (κ3) is 4.51. The molecule has 7 heteroatoms. The average molecular weight is 363 g/mol. The van der Waals surface area contributed by atoms with Gasteiger partial charge < -0.3 is 10.1 Å². The van der Waals surface area contributed by atoms with E-state index in [1.54, 1.807) is 12.7 Å². The number of benzene rings is 2. The molecule has 4 rings (SSSR count). The Morgan fingerprint density at radius 2 is 1.89 bits per heavy atom. The number of hydrogen-bond donors (Lipinski definition) is 1. The van der Waals surface area contributed by atoms with Crippen LogP contribution in [0.4, 0.5) is 5.69 Å². The minimum absolute atomic E-state index is 0.0223. The fourth-order valence-corrected chi connectivity index (χ4v) is 3.21. The summed E-state index contributed by atoms with van der Waals surface area (Å²) in [5.74, 6) is 1.49. The molecule has 27 heavy (non-hydrogen) atoms. The molecule has 0 radical (unpaired) electrons. The smallest absolute Gasteiger partial charge is 0.238 e. The molecule has 1 N–H and O–H groups in total. The van der Waals surface area contributed by atoms with Gasteiger partial charge in [0.1, 0.15) is 24.2 Å². The number of hydrogen-bond acceptors (Lipinski definition) is 5. The summed E-state index contributed by atoms with van der Waals surface area (Å²) in [6.45, 7) is 2.05. The van der Waals surface area contributed by atoms with Crippen LogP contribution in [0.2, 0.25) is 0 Å². The fraction of sp³-hybridized carbons (Fsp3) is 0.250. The van der Waals surface area contributed by atoms with E-state index in [2.05, 4.69) is 20.3 Å². The topological polar surface area (TPSA) is 72.3 Å². The van der Waals surface area contributed by atoms with Crippen molar-refractivity contribution in [3.05, 3.63) is 67.3 Å². The molecule has 0 bridgehead atoms. The normalized spacial score (nSPS) is 17.0. The summed E-state index contributed by atoms with van der Waals surface area (Å²) in [5.41, 5.74) is 0.757. The molecule has 0 unspecified atom stereocenters. The van der Waals surface area contributed by atoms with Gasteiger partial charge in [-0.1, -0.05) is 18.2 Å². The zero-order valence-electron chi connectivity index (χ0n) is 14.9. The second kappa shape index (κ2) is 8.01. The fourth-order valence-electron chi connectivity index (χ4n) is 3.21. The van der Waals surface area contributed by atoms with Crippen LogP contribution >= 0.6 is 0 Å². The molecule has 0 spiro atoms. The summed E-state index contributed by atoms with van der Waals surface area (Å²) < 4.78 is 7.62. The quantitative estimate of drug-likeness (QED) is 0.729. The van der Waals surface area contributed by atoms with Gasteiger partial charge in [-0.25, -0.2) is 9.67 Å². The molecule has 1 aliphatic heterocycles. The Hall–Kier alpha value is -3.19. The molecular formula is C20H21N5O2. The molecule has 138 valence electrons. The largest absolute Gasteiger partial charge is 0.457 e. The van der Waals surface area contributed by atoms with Crippen LogP contribution in [0.1, 0.15) is 12.5 Å². The van der Waals surface area contributed by atoms with Crippen LogP contribution in [-0.4, -0.2) is 45.2 Å². The lowest BCUT2D eigenvalue weighted by molar-refractivity contribution is -0.117. The highest BCUT2D eigenvalue weighted by molar-refractivity contribution is 5.92. The van der Waals surface area contributed by atoms with Crippen LogP contribution < -0.4 is 10.1 Å². The number of carbonyl (C=O) groups is 1. The SMILES string of the molecule is O=C(CN1CC[C@@H](n2cncn2)C1)Nc1ccc(Oc2ccccc2)cc1. The Kier molecular flexibility index (Phi) is 5.11. The molecule has 2 heterocycles. The molecule has 1 fully saturated rings. The first-order chi connectivity index (χ1) is 13.3. The maximum atomic E-state index is 12.3. The van der Waals surface area contributed by atoms with Crippen LogP contribution in [0.3, 0.4) is 0 Å². The Labute approximate surface area is 157 Å². The van der Waals surface area contributed by atoms with Crippen LogP contribution in [0.25, 0.3) is 0 Å². The van der Waals surface area contributed by atoms with Gasteiger partial charge in [0.05, 0.1) is 12.6 Å². The zero-order valence-corrected chi connectivity index (χ0v) is 14.9. The monoisotopic (exact) mass is 363 g/mol. The standard InChI is InChI=1S/C20H21N5O2/c26-20(13-24-11-10-17(12-24)25-15-21-14-22-25)23-16-6-8-19(9-7-16)27-18-4-2-1-3-5-18/h1-9,14-15,17H,10-13H2,(H,23,26)/t17-/m1/s1. The number of ether oxygens (including phenoxy) is 1. The van der Waals surface area contributed by atoms with Crippen molar-refractivity contribution in [3.63, 3.8) is 0 Å². The van der Waals surface area contributed by atoms with Crippen molar-refractivity contribution in [2.24, 2.45) is 0 Å². The molecule has 2 aromatic carbocycles. The molecule has 0 saturated carbocycles. The molecule has 1 atom stereocenters. The van der Waals surface area contributed by atoms with E-state index in [4.69, 9.17) is 4.74 Å². The van der Waals surface area contributed by atoms with Crippen LogP contribution in [0.15, 0.2) is 67.3 Å².